The van der Waals surface area contributed by atoms with Gasteiger partial charge in [0, 0.05) is 36.1 Å². The van der Waals surface area contributed by atoms with Gasteiger partial charge in [-0.05, 0) is 23.8 Å². The van der Waals surface area contributed by atoms with Crippen molar-refractivity contribution in [3.05, 3.63) is 76.9 Å². The van der Waals surface area contributed by atoms with Gasteiger partial charge in [-0.2, -0.15) is 4.98 Å². The van der Waals surface area contributed by atoms with Crippen LogP contribution in [-0.2, 0) is 17.9 Å². The molecule has 0 radical (unpaired) electrons. The second-order valence-electron chi connectivity index (χ2n) is 7.03. The van der Waals surface area contributed by atoms with E-state index in [2.05, 4.69) is 20.8 Å². The third kappa shape index (κ3) is 4.96. The third-order valence-corrected chi connectivity index (χ3v) is 5.00. The van der Waals surface area contributed by atoms with E-state index in [9.17, 15) is 9.59 Å². The van der Waals surface area contributed by atoms with Crippen LogP contribution in [0.4, 0.5) is 10.5 Å². The zero-order chi connectivity index (χ0) is 20.9. The Hall–Kier alpha value is -3.39. The number of likely N-dealkylation sites (tertiary alicyclic amines) is 1. The molecule has 3 aromatic rings. The summed E-state index contributed by atoms with van der Waals surface area (Å²) in [6.45, 7) is 1.18. The first-order valence-electron chi connectivity index (χ1n) is 9.51. The van der Waals surface area contributed by atoms with Crippen molar-refractivity contribution in [3.63, 3.8) is 0 Å². The van der Waals surface area contributed by atoms with Crippen molar-refractivity contribution in [2.75, 3.05) is 11.9 Å². The molecule has 9 heteroatoms. The molecule has 0 saturated carbocycles. The Balaban J connectivity index is 1.29. The van der Waals surface area contributed by atoms with Gasteiger partial charge in [0.1, 0.15) is 0 Å². The van der Waals surface area contributed by atoms with Gasteiger partial charge in [0.05, 0.1) is 6.54 Å². The highest BCUT2D eigenvalue weighted by molar-refractivity contribution is 6.30. The maximum Gasteiger partial charge on any atom is 0.319 e. The van der Waals surface area contributed by atoms with Crippen LogP contribution in [-0.4, -0.2) is 33.5 Å². The summed E-state index contributed by atoms with van der Waals surface area (Å²) in [5.74, 6) is 0.694. The van der Waals surface area contributed by atoms with Gasteiger partial charge in [0.25, 0.3) is 0 Å². The first kappa shape index (κ1) is 19.9. The average molecular weight is 426 g/mol. The molecular weight excluding hydrogens is 406 g/mol. The van der Waals surface area contributed by atoms with Crippen molar-refractivity contribution >= 4 is 29.2 Å². The predicted molar refractivity (Wildman–Crippen MR) is 111 cm³/mol. The van der Waals surface area contributed by atoms with Crippen LogP contribution in [0.2, 0.25) is 5.02 Å². The minimum absolute atomic E-state index is 0.0641. The molecule has 2 N–H and O–H groups in total. The quantitative estimate of drug-likeness (QED) is 0.628. The van der Waals surface area contributed by atoms with E-state index in [-0.39, 0.29) is 24.3 Å². The Morgan fingerprint density at radius 3 is 2.83 bits per heavy atom. The lowest BCUT2D eigenvalue weighted by molar-refractivity contribution is -0.128. The lowest BCUT2D eigenvalue weighted by atomic mass is 10.1. The highest BCUT2D eigenvalue weighted by Gasteiger charge is 2.33. The summed E-state index contributed by atoms with van der Waals surface area (Å²) in [5, 5.41) is 9.85. The first-order chi connectivity index (χ1) is 14.6. The fourth-order valence-corrected chi connectivity index (χ4v) is 3.50. The van der Waals surface area contributed by atoms with Crippen LogP contribution in [0.25, 0.3) is 0 Å². The summed E-state index contributed by atoms with van der Waals surface area (Å²) in [7, 11) is 0. The van der Waals surface area contributed by atoms with E-state index in [1.165, 1.54) is 0 Å². The van der Waals surface area contributed by atoms with E-state index < -0.39 is 6.03 Å². The number of rotatable bonds is 6. The predicted octanol–water partition coefficient (Wildman–Crippen LogP) is 3.56. The number of carbonyl (C=O) groups is 2. The van der Waals surface area contributed by atoms with Gasteiger partial charge in [-0.3, -0.25) is 4.79 Å². The van der Waals surface area contributed by atoms with E-state index in [0.717, 1.165) is 5.56 Å². The summed E-state index contributed by atoms with van der Waals surface area (Å²) < 4.78 is 5.23. The summed E-state index contributed by atoms with van der Waals surface area (Å²) in [6, 6.07) is 16.3. The molecule has 1 aliphatic rings. The molecule has 30 heavy (non-hydrogen) atoms. The number of amides is 3. The van der Waals surface area contributed by atoms with Gasteiger partial charge in [0.2, 0.25) is 11.8 Å². The second kappa shape index (κ2) is 8.96. The van der Waals surface area contributed by atoms with Crippen LogP contribution in [0.1, 0.15) is 29.6 Å². The van der Waals surface area contributed by atoms with Crippen LogP contribution < -0.4 is 10.6 Å². The fraction of sp³-hybridized carbons (Fsp3) is 0.238. The van der Waals surface area contributed by atoms with Gasteiger partial charge in [-0.1, -0.05) is 53.2 Å². The summed E-state index contributed by atoms with van der Waals surface area (Å²) in [4.78, 5) is 30.5. The van der Waals surface area contributed by atoms with E-state index >= 15 is 0 Å². The van der Waals surface area contributed by atoms with Crippen molar-refractivity contribution in [1.82, 2.24) is 20.4 Å². The summed E-state index contributed by atoms with van der Waals surface area (Å²) in [5.41, 5.74) is 1.66. The van der Waals surface area contributed by atoms with Crippen molar-refractivity contribution < 1.29 is 14.1 Å². The van der Waals surface area contributed by atoms with Crippen LogP contribution in [0.3, 0.4) is 0 Å². The number of nitrogens with one attached hydrogen (secondary N) is 2. The molecule has 1 saturated heterocycles. The molecule has 154 valence electrons. The van der Waals surface area contributed by atoms with E-state index in [0.29, 0.717) is 36.0 Å². The van der Waals surface area contributed by atoms with E-state index in [1.807, 2.05) is 30.3 Å². The Morgan fingerprint density at radius 2 is 2.03 bits per heavy atom. The average Bonchev–Trinajstić information content (AvgIpc) is 3.34. The lowest BCUT2D eigenvalue weighted by Gasteiger charge is -2.15. The molecule has 0 spiro atoms. The molecule has 8 nitrogen and oxygen atoms in total. The molecule has 2 heterocycles. The molecular formula is C21H20ClN5O3. The lowest BCUT2D eigenvalue weighted by Crippen LogP contribution is -2.28. The van der Waals surface area contributed by atoms with Gasteiger partial charge in [-0.15, -0.1) is 0 Å². The Bertz CT molecular complexity index is 1040. The number of hydrogen-bond donors (Lipinski definition) is 2. The van der Waals surface area contributed by atoms with Gasteiger partial charge >= 0.3 is 6.03 Å². The van der Waals surface area contributed by atoms with E-state index in [1.54, 1.807) is 29.2 Å². The summed E-state index contributed by atoms with van der Waals surface area (Å²) in [6.07, 6.45) is 0.342. The molecule has 1 fully saturated rings. The standard InChI is InChI=1S/C21H20ClN5O3/c22-16-7-4-8-17(10-16)24-21(29)23-11-18-25-20(26-30-18)15-9-19(28)27(13-15)12-14-5-2-1-3-6-14/h1-8,10,15H,9,11-13H2,(H2,23,24,29)/t15-/m1/s1. The number of anilines is 1. The van der Waals surface area contributed by atoms with Gasteiger partial charge in [-0.25, -0.2) is 4.79 Å². The second-order valence-corrected chi connectivity index (χ2v) is 7.46. The maximum atomic E-state index is 12.3. The molecule has 1 aromatic heterocycles. The summed E-state index contributed by atoms with van der Waals surface area (Å²) >= 11 is 5.90. The molecule has 2 aromatic carbocycles. The number of benzene rings is 2. The first-order valence-corrected chi connectivity index (χ1v) is 9.89. The Labute approximate surface area is 178 Å². The number of hydrogen-bond acceptors (Lipinski definition) is 5. The number of halogens is 1. The Morgan fingerprint density at radius 1 is 1.20 bits per heavy atom. The monoisotopic (exact) mass is 425 g/mol. The van der Waals surface area contributed by atoms with Crippen LogP contribution in [0.15, 0.2) is 59.1 Å². The third-order valence-electron chi connectivity index (χ3n) is 4.76. The maximum absolute atomic E-state index is 12.3. The molecule has 1 atom stereocenters. The normalized spacial score (nSPS) is 16.0. The number of aromatic nitrogens is 2. The molecule has 3 amide bonds. The number of nitrogens with zero attached hydrogens (tertiary/aromatic N) is 3. The molecule has 0 unspecified atom stereocenters. The topological polar surface area (TPSA) is 100 Å². The molecule has 4 rings (SSSR count). The molecule has 1 aliphatic heterocycles. The van der Waals surface area contributed by atoms with Crippen molar-refractivity contribution in [3.8, 4) is 0 Å². The van der Waals surface area contributed by atoms with Crippen LogP contribution in [0.5, 0.6) is 0 Å². The van der Waals surface area contributed by atoms with Crippen molar-refractivity contribution in [1.29, 1.82) is 0 Å². The fourth-order valence-electron chi connectivity index (χ4n) is 3.30. The highest BCUT2D eigenvalue weighted by Crippen LogP contribution is 2.27. The van der Waals surface area contributed by atoms with Gasteiger partial charge < -0.3 is 20.1 Å². The SMILES string of the molecule is O=C(NCc1nc([C@@H]2CC(=O)N(Cc3ccccc3)C2)no1)Nc1cccc(Cl)c1. The van der Waals surface area contributed by atoms with E-state index in [4.69, 9.17) is 16.1 Å². The molecule has 0 bridgehead atoms. The smallest absolute Gasteiger partial charge is 0.319 e. The highest BCUT2D eigenvalue weighted by atomic mass is 35.5. The van der Waals surface area contributed by atoms with Gasteiger partial charge in [0.15, 0.2) is 5.82 Å². The minimum Gasteiger partial charge on any atom is -0.338 e. The Kier molecular flexibility index (Phi) is 5.94. The van der Waals surface area contributed by atoms with Crippen LogP contribution in [0, 0.1) is 0 Å². The number of urea groups is 1. The number of carbonyl (C=O) groups excluding carboxylic acids is 2. The van der Waals surface area contributed by atoms with Crippen molar-refractivity contribution in [2.45, 2.75) is 25.4 Å². The zero-order valence-corrected chi connectivity index (χ0v) is 16.8. The van der Waals surface area contributed by atoms with Crippen LogP contribution >= 0.6 is 11.6 Å². The molecule has 0 aliphatic carbocycles. The zero-order valence-electron chi connectivity index (χ0n) is 16.0. The largest absolute Gasteiger partial charge is 0.338 e. The van der Waals surface area contributed by atoms with Crippen molar-refractivity contribution in [2.24, 2.45) is 0 Å². The minimum atomic E-state index is -0.415.